The van der Waals surface area contributed by atoms with Gasteiger partial charge in [-0.1, -0.05) is 55.0 Å². The molecule has 0 aliphatic carbocycles. The van der Waals surface area contributed by atoms with E-state index in [0.717, 1.165) is 41.6 Å². The van der Waals surface area contributed by atoms with Crippen molar-refractivity contribution in [2.45, 2.75) is 25.7 Å². The molecule has 2 N–H and O–H groups in total. The molecule has 0 unspecified atom stereocenters. The average Bonchev–Trinajstić information content (AvgIpc) is 3.21. The Hall–Kier alpha value is -3.25. The fraction of sp³-hybridized carbons (Fsp3) is 0.320. The summed E-state index contributed by atoms with van der Waals surface area (Å²) in [4.78, 5) is 28.2. The Balaban J connectivity index is 1.44. The molecule has 0 saturated carbocycles. The highest BCUT2D eigenvalue weighted by molar-refractivity contribution is 6.13. The minimum Gasteiger partial charge on any atom is -0.369 e. The van der Waals surface area contributed by atoms with Crippen LogP contribution in [-0.2, 0) is 0 Å². The third-order valence-corrected chi connectivity index (χ3v) is 5.99. The van der Waals surface area contributed by atoms with Crippen LogP contribution in [0.4, 0.5) is 5.82 Å². The van der Waals surface area contributed by atoms with Crippen molar-refractivity contribution in [1.29, 1.82) is 0 Å². The van der Waals surface area contributed by atoms with E-state index >= 15 is 0 Å². The number of H-pyrrole nitrogens is 1. The lowest BCUT2D eigenvalue weighted by molar-refractivity contribution is 0.103. The van der Waals surface area contributed by atoms with E-state index in [1.807, 2.05) is 36.4 Å². The number of ketones is 1. The van der Waals surface area contributed by atoms with Crippen molar-refractivity contribution in [1.82, 2.24) is 19.9 Å². The monoisotopic (exact) mass is 413 g/mol. The molecule has 2 aromatic carbocycles. The molecule has 158 valence electrons. The summed E-state index contributed by atoms with van der Waals surface area (Å²) in [5.41, 5.74) is 2.27. The lowest BCUT2D eigenvalue weighted by Crippen LogP contribution is -2.31. The zero-order valence-corrected chi connectivity index (χ0v) is 17.6. The van der Waals surface area contributed by atoms with Crippen LogP contribution < -0.4 is 5.32 Å². The van der Waals surface area contributed by atoms with E-state index in [2.05, 4.69) is 31.2 Å². The van der Waals surface area contributed by atoms with E-state index in [1.165, 1.54) is 32.4 Å². The number of hydrogen-bond acceptors (Lipinski definition) is 5. The van der Waals surface area contributed by atoms with Gasteiger partial charge in [0, 0.05) is 23.0 Å². The van der Waals surface area contributed by atoms with E-state index in [9.17, 15) is 4.79 Å². The molecule has 4 aromatic rings. The zero-order valence-electron chi connectivity index (χ0n) is 17.6. The highest BCUT2D eigenvalue weighted by Gasteiger charge is 2.19. The standard InChI is InChI=1S/C25H27N5O/c31-22(18-10-3-1-4-11-18)25-28-23(26-14-9-17-30-15-7-2-8-16-30)21-19-12-5-6-13-20(19)27-24(21)29-25/h1,3-6,10-13H,2,7-9,14-17H2,(H2,26,27,28,29). The molecule has 1 aliphatic rings. The maximum Gasteiger partial charge on any atom is 0.230 e. The highest BCUT2D eigenvalue weighted by atomic mass is 16.1. The van der Waals surface area contributed by atoms with Crippen molar-refractivity contribution in [3.63, 3.8) is 0 Å². The first-order valence-electron chi connectivity index (χ1n) is 11.1. The summed E-state index contributed by atoms with van der Waals surface area (Å²) in [5, 5.41) is 5.51. The topological polar surface area (TPSA) is 73.9 Å². The summed E-state index contributed by atoms with van der Waals surface area (Å²) in [6, 6.07) is 17.3. The number of nitrogens with one attached hydrogen (secondary N) is 2. The minimum absolute atomic E-state index is 0.169. The SMILES string of the molecule is O=C(c1ccccc1)c1nc(NCCCN2CCCCC2)c2c(n1)[nH]c1ccccc12. The number of benzene rings is 2. The smallest absolute Gasteiger partial charge is 0.230 e. The second-order valence-corrected chi connectivity index (χ2v) is 8.17. The van der Waals surface area contributed by atoms with Gasteiger partial charge in [-0.3, -0.25) is 4.79 Å². The van der Waals surface area contributed by atoms with Gasteiger partial charge in [0.05, 0.1) is 5.39 Å². The highest BCUT2D eigenvalue weighted by Crippen LogP contribution is 2.30. The van der Waals surface area contributed by atoms with Crippen LogP contribution >= 0.6 is 0 Å². The van der Waals surface area contributed by atoms with Gasteiger partial charge in [-0.2, -0.15) is 0 Å². The normalized spacial score (nSPS) is 14.8. The van der Waals surface area contributed by atoms with Gasteiger partial charge in [-0.05, 0) is 45.0 Å². The first-order chi connectivity index (χ1) is 15.3. The zero-order chi connectivity index (χ0) is 21.0. The molecule has 0 radical (unpaired) electrons. The molecule has 3 heterocycles. The van der Waals surface area contributed by atoms with Gasteiger partial charge >= 0.3 is 0 Å². The summed E-state index contributed by atoms with van der Waals surface area (Å²) in [6.45, 7) is 4.30. The molecule has 1 aliphatic heterocycles. The molecule has 5 rings (SSSR count). The van der Waals surface area contributed by atoms with Crippen molar-refractivity contribution in [3.05, 3.63) is 66.0 Å². The summed E-state index contributed by atoms with van der Waals surface area (Å²) < 4.78 is 0. The Morgan fingerprint density at radius 1 is 0.968 bits per heavy atom. The first-order valence-corrected chi connectivity index (χ1v) is 11.1. The molecule has 6 heteroatoms. The van der Waals surface area contributed by atoms with Gasteiger partial charge in [-0.25, -0.2) is 9.97 Å². The van der Waals surface area contributed by atoms with E-state index in [0.29, 0.717) is 11.2 Å². The average molecular weight is 414 g/mol. The van der Waals surface area contributed by atoms with Crippen molar-refractivity contribution >= 4 is 33.5 Å². The molecule has 6 nitrogen and oxygen atoms in total. The molecular formula is C25H27N5O. The molecule has 1 saturated heterocycles. The number of piperidine rings is 1. The van der Waals surface area contributed by atoms with Gasteiger partial charge in [-0.15, -0.1) is 0 Å². The molecule has 0 spiro atoms. The maximum atomic E-state index is 13.0. The molecule has 1 fully saturated rings. The van der Waals surface area contributed by atoms with Gasteiger partial charge in [0.25, 0.3) is 0 Å². The number of carbonyl (C=O) groups is 1. The van der Waals surface area contributed by atoms with Crippen LogP contribution in [0.3, 0.4) is 0 Å². The molecule has 31 heavy (non-hydrogen) atoms. The summed E-state index contributed by atoms with van der Waals surface area (Å²) in [6.07, 6.45) is 5.00. The Labute approximate surface area is 181 Å². The predicted octanol–water partition coefficient (Wildman–Crippen LogP) is 4.63. The van der Waals surface area contributed by atoms with Crippen molar-refractivity contribution < 1.29 is 4.79 Å². The van der Waals surface area contributed by atoms with E-state index < -0.39 is 0 Å². The second-order valence-electron chi connectivity index (χ2n) is 8.17. The van der Waals surface area contributed by atoms with Crippen molar-refractivity contribution in [2.75, 3.05) is 31.5 Å². The number of fused-ring (bicyclic) bond motifs is 3. The maximum absolute atomic E-state index is 13.0. The fourth-order valence-corrected chi connectivity index (χ4v) is 4.38. The van der Waals surface area contributed by atoms with Crippen LogP contribution in [-0.4, -0.2) is 51.8 Å². The number of rotatable bonds is 7. The number of carbonyl (C=O) groups excluding carboxylic acids is 1. The largest absolute Gasteiger partial charge is 0.369 e. The number of aromatic amines is 1. The van der Waals surface area contributed by atoms with Gasteiger partial charge < -0.3 is 15.2 Å². The number of nitrogens with zero attached hydrogens (tertiary/aromatic N) is 3. The van der Waals surface area contributed by atoms with Crippen LogP contribution in [0.2, 0.25) is 0 Å². The Bertz CT molecular complexity index is 1190. The third kappa shape index (κ3) is 4.16. The van der Waals surface area contributed by atoms with Crippen LogP contribution in [0, 0.1) is 0 Å². The molecular weight excluding hydrogens is 386 g/mol. The molecule has 0 amide bonds. The molecule has 0 bridgehead atoms. The van der Waals surface area contributed by atoms with Crippen LogP contribution in [0.15, 0.2) is 54.6 Å². The van der Waals surface area contributed by atoms with E-state index in [-0.39, 0.29) is 11.6 Å². The Morgan fingerprint density at radius 2 is 1.74 bits per heavy atom. The quantitative estimate of drug-likeness (QED) is 0.341. The van der Waals surface area contributed by atoms with Crippen LogP contribution in [0.1, 0.15) is 41.9 Å². The lowest BCUT2D eigenvalue weighted by atomic mass is 10.1. The van der Waals surface area contributed by atoms with E-state index in [1.54, 1.807) is 12.1 Å². The molecule has 0 atom stereocenters. The Morgan fingerprint density at radius 3 is 2.58 bits per heavy atom. The number of hydrogen-bond donors (Lipinski definition) is 2. The predicted molar refractivity (Wildman–Crippen MR) is 125 cm³/mol. The van der Waals surface area contributed by atoms with Crippen LogP contribution in [0.25, 0.3) is 21.9 Å². The lowest BCUT2D eigenvalue weighted by Gasteiger charge is -2.26. The van der Waals surface area contributed by atoms with E-state index in [4.69, 9.17) is 0 Å². The van der Waals surface area contributed by atoms with Gasteiger partial charge in [0.2, 0.25) is 11.6 Å². The Kier molecular flexibility index (Phi) is 5.63. The number of aromatic nitrogens is 3. The third-order valence-electron chi connectivity index (χ3n) is 5.99. The van der Waals surface area contributed by atoms with Crippen molar-refractivity contribution in [3.8, 4) is 0 Å². The summed E-state index contributed by atoms with van der Waals surface area (Å²) >= 11 is 0. The fourth-order valence-electron chi connectivity index (χ4n) is 4.38. The summed E-state index contributed by atoms with van der Waals surface area (Å²) in [5.74, 6) is 0.765. The number of anilines is 1. The van der Waals surface area contributed by atoms with Gasteiger partial charge in [0.15, 0.2) is 0 Å². The van der Waals surface area contributed by atoms with Gasteiger partial charge in [0.1, 0.15) is 11.5 Å². The van der Waals surface area contributed by atoms with Crippen molar-refractivity contribution in [2.24, 2.45) is 0 Å². The minimum atomic E-state index is -0.169. The molecule has 2 aromatic heterocycles. The number of likely N-dealkylation sites (tertiary alicyclic amines) is 1. The summed E-state index contributed by atoms with van der Waals surface area (Å²) in [7, 11) is 0. The van der Waals surface area contributed by atoms with Crippen LogP contribution in [0.5, 0.6) is 0 Å². The second kappa shape index (κ2) is 8.86. The number of para-hydroxylation sites is 1. The first kappa shape index (κ1) is 19.7.